The summed E-state index contributed by atoms with van der Waals surface area (Å²) in [6.07, 6.45) is -3.88. The van der Waals surface area contributed by atoms with Crippen molar-refractivity contribution >= 4 is 11.9 Å². The number of allylic oxidation sites excluding steroid dienone is 1. The molecule has 0 aromatic rings. The van der Waals surface area contributed by atoms with Gasteiger partial charge in [-0.1, -0.05) is 0 Å². The van der Waals surface area contributed by atoms with E-state index in [9.17, 15) is 22.8 Å². The van der Waals surface area contributed by atoms with Gasteiger partial charge in [0.15, 0.2) is 0 Å². The van der Waals surface area contributed by atoms with Gasteiger partial charge in [0, 0.05) is 19.2 Å². The SMILES string of the molecule is O=C(OC/C=C/C(F)(F)F)C(=O)N1CCOCC1. The van der Waals surface area contributed by atoms with Crippen molar-refractivity contribution in [1.29, 1.82) is 0 Å². The molecule has 0 unspecified atom stereocenters. The highest BCUT2D eigenvalue weighted by molar-refractivity contribution is 6.32. The number of morpholine rings is 1. The van der Waals surface area contributed by atoms with E-state index in [1.807, 2.05) is 0 Å². The van der Waals surface area contributed by atoms with Crippen molar-refractivity contribution in [2.45, 2.75) is 6.18 Å². The number of alkyl halides is 3. The van der Waals surface area contributed by atoms with Crippen LogP contribution < -0.4 is 0 Å². The van der Waals surface area contributed by atoms with Crippen molar-refractivity contribution in [2.24, 2.45) is 0 Å². The molecule has 0 atom stereocenters. The molecular formula is C10H12F3NO4. The van der Waals surface area contributed by atoms with Gasteiger partial charge in [-0.25, -0.2) is 4.79 Å². The molecule has 18 heavy (non-hydrogen) atoms. The standard InChI is InChI=1S/C10H12F3NO4/c11-10(12,13)2-1-5-18-9(16)8(15)14-3-6-17-7-4-14/h1-2H,3-7H2/b2-1+. The summed E-state index contributed by atoms with van der Waals surface area (Å²) in [5.74, 6) is -2.03. The molecule has 1 aliphatic rings. The first kappa shape index (κ1) is 14.5. The minimum Gasteiger partial charge on any atom is -0.454 e. The smallest absolute Gasteiger partial charge is 0.409 e. The van der Waals surface area contributed by atoms with E-state index in [1.165, 1.54) is 4.90 Å². The second kappa shape index (κ2) is 6.39. The summed E-state index contributed by atoms with van der Waals surface area (Å²) in [7, 11) is 0. The Balaban J connectivity index is 2.32. The number of ether oxygens (including phenoxy) is 2. The van der Waals surface area contributed by atoms with E-state index >= 15 is 0 Å². The summed E-state index contributed by atoms with van der Waals surface area (Å²) in [6.45, 7) is 0.604. The maximum Gasteiger partial charge on any atom is 0.409 e. The molecule has 8 heteroatoms. The third-order valence-electron chi connectivity index (χ3n) is 2.09. The van der Waals surface area contributed by atoms with Gasteiger partial charge >= 0.3 is 18.1 Å². The number of amides is 1. The second-order valence-electron chi connectivity index (χ2n) is 3.45. The van der Waals surface area contributed by atoms with Gasteiger partial charge in [0.05, 0.1) is 13.2 Å². The summed E-state index contributed by atoms with van der Waals surface area (Å²) in [4.78, 5) is 23.9. The lowest BCUT2D eigenvalue weighted by molar-refractivity contribution is -0.161. The topological polar surface area (TPSA) is 55.8 Å². The van der Waals surface area contributed by atoms with E-state index in [2.05, 4.69) is 4.74 Å². The maximum absolute atomic E-state index is 11.7. The zero-order chi connectivity index (χ0) is 13.6. The summed E-state index contributed by atoms with van der Waals surface area (Å²) in [5.41, 5.74) is 0. The molecule has 0 aromatic heterocycles. The Kier molecular flexibility index (Phi) is 5.14. The number of hydrogen-bond acceptors (Lipinski definition) is 4. The first-order valence-corrected chi connectivity index (χ1v) is 5.18. The number of rotatable bonds is 2. The molecule has 1 fully saturated rings. The Morgan fingerprint density at radius 1 is 1.28 bits per heavy atom. The molecule has 0 spiro atoms. The van der Waals surface area contributed by atoms with Crippen LogP contribution in [0, 0.1) is 0 Å². The highest BCUT2D eigenvalue weighted by Gasteiger charge is 2.25. The fourth-order valence-corrected chi connectivity index (χ4v) is 1.26. The molecular weight excluding hydrogens is 255 g/mol. The van der Waals surface area contributed by atoms with Gasteiger partial charge in [-0.3, -0.25) is 4.79 Å². The van der Waals surface area contributed by atoms with Crippen molar-refractivity contribution in [3.8, 4) is 0 Å². The molecule has 0 bridgehead atoms. The molecule has 1 rings (SSSR count). The molecule has 0 aliphatic carbocycles. The molecule has 1 saturated heterocycles. The minimum absolute atomic E-state index is 0.0561. The highest BCUT2D eigenvalue weighted by Crippen LogP contribution is 2.15. The Morgan fingerprint density at radius 3 is 2.44 bits per heavy atom. The first-order chi connectivity index (χ1) is 8.40. The zero-order valence-electron chi connectivity index (χ0n) is 9.40. The fourth-order valence-electron chi connectivity index (χ4n) is 1.26. The van der Waals surface area contributed by atoms with E-state index in [0.717, 1.165) is 0 Å². The van der Waals surface area contributed by atoms with Gasteiger partial charge in [0.1, 0.15) is 6.61 Å². The molecule has 0 radical (unpaired) electrons. The van der Waals surface area contributed by atoms with Crippen molar-refractivity contribution in [1.82, 2.24) is 4.90 Å². The van der Waals surface area contributed by atoms with Crippen LogP contribution in [0.4, 0.5) is 13.2 Å². The molecule has 5 nitrogen and oxygen atoms in total. The largest absolute Gasteiger partial charge is 0.454 e. The number of hydrogen-bond donors (Lipinski definition) is 0. The van der Waals surface area contributed by atoms with Crippen LogP contribution in [0.3, 0.4) is 0 Å². The average molecular weight is 267 g/mol. The van der Waals surface area contributed by atoms with E-state index in [0.29, 0.717) is 19.3 Å². The fraction of sp³-hybridized carbons (Fsp3) is 0.600. The van der Waals surface area contributed by atoms with Crippen LogP contribution in [0.15, 0.2) is 12.2 Å². The van der Waals surface area contributed by atoms with Crippen LogP contribution in [-0.2, 0) is 19.1 Å². The van der Waals surface area contributed by atoms with E-state index < -0.39 is 24.7 Å². The molecule has 1 heterocycles. The molecule has 0 aromatic carbocycles. The van der Waals surface area contributed by atoms with Gasteiger partial charge in [-0.05, 0) is 6.08 Å². The van der Waals surface area contributed by atoms with E-state index in [1.54, 1.807) is 0 Å². The summed E-state index contributed by atoms with van der Waals surface area (Å²) >= 11 is 0. The summed E-state index contributed by atoms with van der Waals surface area (Å²) < 4.78 is 44.5. The quantitative estimate of drug-likeness (QED) is 0.415. The lowest BCUT2D eigenvalue weighted by Gasteiger charge is -2.25. The van der Waals surface area contributed by atoms with Crippen LogP contribution in [0.1, 0.15) is 0 Å². The molecule has 1 amide bonds. The predicted molar refractivity (Wildman–Crippen MR) is 53.6 cm³/mol. The molecule has 1 aliphatic heterocycles. The van der Waals surface area contributed by atoms with Crippen LogP contribution in [-0.4, -0.2) is 55.9 Å². The third kappa shape index (κ3) is 5.17. The number of nitrogens with zero attached hydrogens (tertiary/aromatic N) is 1. The number of halogens is 3. The van der Waals surface area contributed by atoms with Crippen LogP contribution in [0.25, 0.3) is 0 Å². The average Bonchev–Trinajstić information content (AvgIpc) is 2.33. The maximum atomic E-state index is 11.7. The Labute approximate surface area is 101 Å². The molecule has 0 N–H and O–H groups in total. The first-order valence-electron chi connectivity index (χ1n) is 5.18. The van der Waals surface area contributed by atoms with Gasteiger partial charge in [-0.15, -0.1) is 0 Å². The van der Waals surface area contributed by atoms with Crippen LogP contribution in [0.2, 0.25) is 0 Å². The van der Waals surface area contributed by atoms with Gasteiger partial charge < -0.3 is 14.4 Å². The zero-order valence-corrected chi connectivity index (χ0v) is 9.40. The van der Waals surface area contributed by atoms with Gasteiger partial charge in [0.2, 0.25) is 0 Å². The Bertz CT molecular complexity index is 335. The lowest BCUT2D eigenvalue weighted by atomic mass is 10.4. The normalized spacial score (nSPS) is 16.9. The van der Waals surface area contributed by atoms with Crippen molar-refractivity contribution in [3.05, 3.63) is 12.2 Å². The Hall–Kier alpha value is -1.57. The van der Waals surface area contributed by atoms with Crippen molar-refractivity contribution in [3.63, 3.8) is 0 Å². The highest BCUT2D eigenvalue weighted by atomic mass is 19.4. The lowest BCUT2D eigenvalue weighted by Crippen LogP contribution is -2.44. The predicted octanol–water partition coefficient (Wildman–Crippen LogP) is 0.507. The van der Waals surface area contributed by atoms with Crippen LogP contribution >= 0.6 is 0 Å². The number of carbonyl (C=O) groups excluding carboxylic acids is 2. The summed E-state index contributed by atoms with van der Waals surface area (Å²) in [6, 6.07) is 0. The number of esters is 1. The second-order valence-corrected chi connectivity index (χ2v) is 3.45. The van der Waals surface area contributed by atoms with Crippen molar-refractivity contribution in [2.75, 3.05) is 32.9 Å². The molecule has 102 valence electrons. The van der Waals surface area contributed by atoms with Crippen LogP contribution in [0.5, 0.6) is 0 Å². The van der Waals surface area contributed by atoms with E-state index in [-0.39, 0.29) is 19.2 Å². The monoisotopic (exact) mass is 267 g/mol. The minimum atomic E-state index is -4.46. The molecule has 0 saturated carbocycles. The van der Waals surface area contributed by atoms with E-state index in [4.69, 9.17) is 4.74 Å². The summed E-state index contributed by atoms with van der Waals surface area (Å²) in [5, 5.41) is 0. The number of carbonyl (C=O) groups is 2. The van der Waals surface area contributed by atoms with Gasteiger partial charge in [0.25, 0.3) is 0 Å². The Morgan fingerprint density at radius 2 is 1.89 bits per heavy atom. The van der Waals surface area contributed by atoms with Gasteiger partial charge in [-0.2, -0.15) is 13.2 Å². The third-order valence-corrected chi connectivity index (χ3v) is 2.09. The van der Waals surface area contributed by atoms with Crippen molar-refractivity contribution < 1.29 is 32.2 Å².